The number of rotatable bonds is 6. The fourth-order valence-corrected chi connectivity index (χ4v) is 9.35. The molecule has 2 bridgehead atoms. The number of aliphatic hydroxyl groups excluding tert-OH is 4. The van der Waals surface area contributed by atoms with Gasteiger partial charge in [-0.05, 0) is 38.8 Å². The van der Waals surface area contributed by atoms with Crippen molar-refractivity contribution in [1.29, 1.82) is 0 Å². The molecule has 4 saturated carbocycles. The molecule has 0 aromatic heterocycles. The van der Waals surface area contributed by atoms with Gasteiger partial charge in [0.05, 0.1) is 35.9 Å². The molecule has 5 unspecified atom stereocenters. The standard InChI is InChI=1S/C26H30O10/c1-12-24-9-22(2,35-12)25(36-21-17(30)16(29)15(28)14(8-27)34-21)10-23(18(19(24)31)26(23,24)25)11-33-20(32)13-6-4-3-5-7-13/h3-7,12,14-18,21,27-30H,8-11H2,1-2H3/t12-,14?,15+,16?,17?,18+,21-,22-,23?,24?,25-,26+/m0/s1. The van der Waals surface area contributed by atoms with E-state index in [1.54, 1.807) is 24.3 Å². The molecular formula is C26H30O10. The quantitative estimate of drug-likeness (QED) is 0.377. The Morgan fingerprint density at radius 2 is 1.83 bits per heavy atom. The van der Waals surface area contributed by atoms with Crippen LogP contribution in [0.3, 0.4) is 0 Å². The molecule has 2 saturated heterocycles. The highest BCUT2D eigenvalue weighted by atomic mass is 16.7. The van der Waals surface area contributed by atoms with Crippen LogP contribution in [0.4, 0.5) is 0 Å². The number of carbonyl (C=O) groups is 2. The van der Waals surface area contributed by atoms with Crippen molar-refractivity contribution in [3.8, 4) is 0 Å². The molecule has 4 N–H and O–H groups in total. The van der Waals surface area contributed by atoms with Gasteiger partial charge in [-0.2, -0.15) is 0 Å². The van der Waals surface area contributed by atoms with Gasteiger partial charge in [-0.1, -0.05) is 18.2 Å². The molecule has 194 valence electrons. The lowest BCUT2D eigenvalue weighted by molar-refractivity contribution is -0.393. The number of benzene rings is 1. The molecule has 36 heavy (non-hydrogen) atoms. The Morgan fingerprint density at radius 3 is 2.53 bits per heavy atom. The SMILES string of the molecule is C[C@@H]1O[C@@]2(C)CC13C(=O)[C@@H]1C4(COC(=O)c5ccccc5)C[C@@]2(O[C@@H]2OC(CO)[C@@H](O)C(O)C2O)[C@]143. The molecule has 10 heteroatoms. The summed E-state index contributed by atoms with van der Waals surface area (Å²) in [5.74, 6) is -0.710. The number of Topliss-reactive ketones (excluding diaryl/α,β-unsaturated/α-hetero) is 1. The van der Waals surface area contributed by atoms with Crippen LogP contribution in [0.1, 0.15) is 37.0 Å². The maximum atomic E-state index is 13.6. The van der Waals surface area contributed by atoms with Gasteiger partial charge in [-0.25, -0.2) is 4.79 Å². The minimum Gasteiger partial charge on any atom is -0.461 e. The van der Waals surface area contributed by atoms with Gasteiger partial charge in [0.15, 0.2) is 6.29 Å². The van der Waals surface area contributed by atoms with Crippen LogP contribution in [-0.4, -0.2) is 93.4 Å². The van der Waals surface area contributed by atoms with E-state index < -0.39 is 70.7 Å². The largest absolute Gasteiger partial charge is 0.461 e. The van der Waals surface area contributed by atoms with Crippen molar-refractivity contribution in [3.63, 3.8) is 0 Å². The summed E-state index contributed by atoms with van der Waals surface area (Å²) >= 11 is 0. The topological polar surface area (TPSA) is 152 Å². The number of esters is 1. The van der Waals surface area contributed by atoms with E-state index in [-0.39, 0.29) is 24.4 Å². The van der Waals surface area contributed by atoms with Gasteiger partial charge in [0.1, 0.15) is 35.8 Å². The Hall–Kier alpha value is -1.92. The van der Waals surface area contributed by atoms with Crippen molar-refractivity contribution in [2.24, 2.45) is 22.2 Å². The molecule has 12 atom stereocenters. The van der Waals surface area contributed by atoms with E-state index in [9.17, 15) is 30.0 Å². The number of hydrogen-bond acceptors (Lipinski definition) is 10. The number of aliphatic hydroxyl groups is 4. The lowest BCUT2D eigenvalue weighted by Crippen LogP contribution is -2.76. The number of carbonyl (C=O) groups excluding carboxylic acids is 2. The average molecular weight is 503 g/mol. The predicted molar refractivity (Wildman–Crippen MR) is 118 cm³/mol. The second kappa shape index (κ2) is 6.74. The number of ether oxygens (including phenoxy) is 4. The molecule has 1 aromatic rings. The summed E-state index contributed by atoms with van der Waals surface area (Å²) in [4.78, 5) is 26.3. The Kier molecular flexibility index (Phi) is 4.35. The third-order valence-corrected chi connectivity index (χ3v) is 10.5. The highest BCUT2D eigenvalue weighted by Crippen LogP contribution is 3.05. The van der Waals surface area contributed by atoms with Crippen molar-refractivity contribution in [3.05, 3.63) is 35.9 Å². The van der Waals surface area contributed by atoms with Crippen LogP contribution in [0.25, 0.3) is 0 Å². The first kappa shape index (κ1) is 23.2. The first-order chi connectivity index (χ1) is 17.1. The van der Waals surface area contributed by atoms with Crippen LogP contribution in [0, 0.1) is 22.2 Å². The van der Waals surface area contributed by atoms with Crippen LogP contribution in [0.15, 0.2) is 30.3 Å². The second-order valence-electron chi connectivity index (χ2n) is 11.7. The summed E-state index contributed by atoms with van der Waals surface area (Å²) in [6, 6.07) is 8.67. The van der Waals surface area contributed by atoms with Gasteiger partial charge >= 0.3 is 5.97 Å². The third kappa shape index (κ3) is 2.08. The van der Waals surface area contributed by atoms with E-state index >= 15 is 0 Å². The lowest BCUT2D eigenvalue weighted by Gasteiger charge is -2.64. The maximum absolute atomic E-state index is 13.6. The highest BCUT2D eigenvalue weighted by molar-refractivity contribution is 6.07. The number of fused-ring (bicyclic) bond motifs is 3. The molecule has 1 aromatic carbocycles. The van der Waals surface area contributed by atoms with Crippen LogP contribution < -0.4 is 0 Å². The minimum absolute atomic E-state index is 0.0709. The summed E-state index contributed by atoms with van der Waals surface area (Å²) in [7, 11) is 0. The maximum Gasteiger partial charge on any atom is 0.338 e. The first-order valence-electron chi connectivity index (χ1n) is 12.5. The summed E-state index contributed by atoms with van der Waals surface area (Å²) in [5.41, 5.74) is -3.44. The molecular weight excluding hydrogens is 472 g/mol. The van der Waals surface area contributed by atoms with Gasteiger partial charge in [0, 0.05) is 16.7 Å². The Labute approximate surface area is 207 Å². The van der Waals surface area contributed by atoms with Crippen LogP contribution in [-0.2, 0) is 23.7 Å². The van der Waals surface area contributed by atoms with E-state index in [2.05, 4.69) is 0 Å². The average Bonchev–Trinajstić information content (AvgIpc) is 3.05. The summed E-state index contributed by atoms with van der Waals surface area (Å²) < 4.78 is 24.3. The first-order valence-corrected chi connectivity index (χ1v) is 12.5. The van der Waals surface area contributed by atoms with Crippen molar-refractivity contribution in [2.45, 2.75) is 74.7 Å². The van der Waals surface area contributed by atoms with Crippen molar-refractivity contribution in [2.75, 3.05) is 13.2 Å². The van der Waals surface area contributed by atoms with Crippen LogP contribution in [0.5, 0.6) is 0 Å². The van der Waals surface area contributed by atoms with Gasteiger partial charge in [-0.15, -0.1) is 0 Å². The van der Waals surface area contributed by atoms with Gasteiger partial charge in [0.2, 0.25) is 0 Å². The van der Waals surface area contributed by atoms with Crippen molar-refractivity contribution >= 4 is 11.8 Å². The normalized spacial score (nSPS) is 55.3. The van der Waals surface area contributed by atoms with E-state index in [1.165, 1.54) is 0 Å². The zero-order valence-corrected chi connectivity index (χ0v) is 20.0. The second-order valence-corrected chi connectivity index (χ2v) is 11.7. The molecule has 2 aliphatic heterocycles. The van der Waals surface area contributed by atoms with E-state index in [0.29, 0.717) is 18.4 Å². The molecule has 0 amide bonds. The van der Waals surface area contributed by atoms with Gasteiger partial charge in [0.25, 0.3) is 0 Å². The molecule has 7 rings (SSSR count). The summed E-state index contributed by atoms with van der Waals surface area (Å²) in [6.45, 7) is 3.29. The lowest BCUT2D eigenvalue weighted by atomic mass is 9.47. The van der Waals surface area contributed by atoms with E-state index in [0.717, 1.165) is 0 Å². The third-order valence-electron chi connectivity index (χ3n) is 10.5. The molecule has 2 heterocycles. The summed E-state index contributed by atoms with van der Waals surface area (Å²) in [5, 5.41) is 40.8. The van der Waals surface area contributed by atoms with Gasteiger partial charge < -0.3 is 39.4 Å². The van der Waals surface area contributed by atoms with Crippen molar-refractivity contribution < 1.29 is 49.0 Å². The van der Waals surface area contributed by atoms with E-state index in [4.69, 9.17) is 18.9 Å². The minimum atomic E-state index is -1.58. The Morgan fingerprint density at radius 1 is 1.11 bits per heavy atom. The van der Waals surface area contributed by atoms with Gasteiger partial charge in [-0.3, -0.25) is 4.79 Å². The zero-order valence-electron chi connectivity index (χ0n) is 20.0. The zero-order chi connectivity index (χ0) is 25.5. The fraction of sp³-hybridized carbons (Fsp3) is 0.692. The molecule has 2 spiro atoms. The summed E-state index contributed by atoms with van der Waals surface area (Å²) in [6.07, 6.45) is -6.64. The number of hydrogen-bond donors (Lipinski definition) is 4. The van der Waals surface area contributed by atoms with E-state index in [1.807, 2.05) is 19.9 Å². The molecule has 4 aliphatic carbocycles. The van der Waals surface area contributed by atoms with Crippen molar-refractivity contribution in [1.82, 2.24) is 0 Å². The smallest absolute Gasteiger partial charge is 0.338 e. The molecule has 10 nitrogen and oxygen atoms in total. The Bertz CT molecular complexity index is 1160. The molecule has 6 fully saturated rings. The predicted octanol–water partition coefficient (Wildman–Crippen LogP) is -0.445. The number of ketones is 1. The Balaban J connectivity index is 1.22. The highest BCUT2D eigenvalue weighted by Gasteiger charge is 3.14. The molecule has 6 aliphatic rings. The van der Waals surface area contributed by atoms with Crippen LogP contribution >= 0.6 is 0 Å². The molecule has 0 radical (unpaired) electrons. The van der Waals surface area contributed by atoms with Crippen LogP contribution in [0.2, 0.25) is 0 Å². The fourth-order valence-electron chi connectivity index (χ4n) is 9.35. The monoisotopic (exact) mass is 502 g/mol.